The van der Waals surface area contributed by atoms with Crippen molar-refractivity contribution in [2.24, 2.45) is 0 Å². The van der Waals surface area contributed by atoms with Crippen molar-refractivity contribution in [1.29, 1.82) is 0 Å². The highest BCUT2D eigenvalue weighted by atomic mass is 32.2. The van der Waals surface area contributed by atoms with Crippen molar-refractivity contribution in [2.75, 3.05) is 32.1 Å². The molecule has 2 aromatic rings. The zero-order valence-electron chi connectivity index (χ0n) is 22.1. The third-order valence-corrected chi connectivity index (χ3v) is 8.51. The number of nitrogens with one attached hydrogen (secondary N) is 1. The lowest BCUT2D eigenvalue weighted by Crippen LogP contribution is -2.53. The lowest BCUT2D eigenvalue weighted by Gasteiger charge is -2.34. The molecule has 0 saturated heterocycles. The van der Waals surface area contributed by atoms with Crippen LogP contribution >= 0.6 is 0 Å². The van der Waals surface area contributed by atoms with Gasteiger partial charge in [-0.2, -0.15) is 12.7 Å². The van der Waals surface area contributed by atoms with Crippen molar-refractivity contribution < 1.29 is 22.7 Å². The second kappa shape index (κ2) is 12.9. The van der Waals surface area contributed by atoms with E-state index in [0.717, 1.165) is 39.9 Å². The average Bonchev–Trinajstić information content (AvgIpc) is 2.91. The molecular weight excluding hydrogens is 492 g/mol. The second-order valence-corrected chi connectivity index (χ2v) is 11.6. The first-order chi connectivity index (χ1) is 17.6. The molecule has 1 saturated carbocycles. The molecule has 1 atom stereocenters. The summed E-state index contributed by atoms with van der Waals surface area (Å²) < 4.78 is 33.7. The third-order valence-electron chi connectivity index (χ3n) is 6.69. The minimum atomic E-state index is -3.97. The van der Waals surface area contributed by atoms with E-state index >= 15 is 0 Å². The molecule has 1 unspecified atom stereocenters. The summed E-state index contributed by atoms with van der Waals surface area (Å²) in [4.78, 5) is 28.4. The van der Waals surface area contributed by atoms with Crippen molar-refractivity contribution >= 4 is 27.7 Å². The third kappa shape index (κ3) is 7.45. The Kier molecular flexibility index (Phi) is 9.93. The van der Waals surface area contributed by atoms with Gasteiger partial charge in [0.1, 0.15) is 18.3 Å². The highest BCUT2D eigenvalue weighted by Crippen LogP contribution is 2.22. The topological polar surface area (TPSA) is 99.3 Å². The van der Waals surface area contributed by atoms with Crippen LogP contribution in [0.4, 0.5) is 5.69 Å². The summed E-state index contributed by atoms with van der Waals surface area (Å²) in [6.45, 7) is 1.39. The highest BCUT2D eigenvalue weighted by molar-refractivity contribution is 7.90. The van der Waals surface area contributed by atoms with Gasteiger partial charge in [-0.05, 0) is 49.6 Å². The highest BCUT2D eigenvalue weighted by Gasteiger charge is 2.33. The maximum atomic E-state index is 13.8. The molecule has 0 aromatic heterocycles. The molecular formula is C27H38N4O5S. The second-order valence-electron chi connectivity index (χ2n) is 9.52. The van der Waals surface area contributed by atoms with Crippen molar-refractivity contribution in [3.05, 3.63) is 60.2 Å². The van der Waals surface area contributed by atoms with Gasteiger partial charge in [0.2, 0.25) is 11.8 Å². The van der Waals surface area contributed by atoms with Crippen LogP contribution in [0.15, 0.2) is 54.6 Å². The van der Waals surface area contributed by atoms with Gasteiger partial charge in [0, 0.05) is 26.7 Å². The first-order valence-corrected chi connectivity index (χ1v) is 14.0. The number of anilines is 1. The van der Waals surface area contributed by atoms with Gasteiger partial charge in [0.25, 0.3) is 0 Å². The fourth-order valence-corrected chi connectivity index (χ4v) is 5.45. The van der Waals surface area contributed by atoms with Crippen LogP contribution in [0.25, 0.3) is 0 Å². The predicted molar refractivity (Wildman–Crippen MR) is 144 cm³/mol. The number of carbonyl (C=O) groups excluding carboxylic acids is 2. The van der Waals surface area contributed by atoms with Gasteiger partial charge in [-0.1, -0.05) is 49.6 Å². The van der Waals surface area contributed by atoms with Crippen LogP contribution in [0.2, 0.25) is 0 Å². The van der Waals surface area contributed by atoms with Crippen LogP contribution in [-0.4, -0.2) is 69.3 Å². The molecule has 0 bridgehead atoms. The van der Waals surface area contributed by atoms with E-state index in [1.165, 1.54) is 25.4 Å². The molecule has 37 heavy (non-hydrogen) atoms. The summed E-state index contributed by atoms with van der Waals surface area (Å²) in [5.74, 6) is -0.0380. The molecule has 1 fully saturated rings. The SMILES string of the molecule is COc1ccc(CN(C(=O)CN(c2ccccc2)S(=O)(=O)N(C)C)C(C)C(=O)NC2CCCCC2)cc1. The van der Waals surface area contributed by atoms with E-state index in [0.29, 0.717) is 11.4 Å². The first kappa shape index (κ1) is 28.5. The molecule has 0 aliphatic heterocycles. The van der Waals surface area contributed by atoms with Crippen LogP contribution in [0.1, 0.15) is 44.6 Å². The predicted octanol–water partition coefficient (Wildman–Crippen LogP) is 3.17. The summed E-state index contributed by atoms with van der Waals surface area (Å²) in [6.07, 6.45) is 5.16. The number of benzene rings is 2. The number of nitrogens with zero attached hydrogens (tertiary/aromatic N) is 3. The molecule has 1 N–H and O–H groups in total. The number of rotatable bonds is 11. The average molecular weight is 531 g/mol. The maximum Gasteiger partial charge on any atom is 0.304 e. The fourth-order valence-electron chi connectivity index (χ4n) is 4.39. The number of carbonyl (C=O) groups is 2. The van der Waals surface area contributed by atoms with Gasteiger partial charge in [-0.25, -0.2) is 4.31 Å². The molecule has 1 aliphatic carbocycles. The minimum Gasteiger partial charge on any atom is -0.497 e. The minimum absolute atomic E-state index is 0.0941. The lowest BCUT2D eigenvalue weighted by atomic mass is 9.95. The summed E-state index contributed by atoms with van der Waals surface area (Å²) in [7, 11) is 0.450. The van der Waals surface area contributed by atoms with E-state index in [-0.39, 0.29) is 18.5 Å². The Bertz CT molecular complexity index is 1130. The quantitative estimate of drug-likeness (QED) is 0.481. The van der Waals surface area contributed by atoms with Crippen molar-refractivity contribution in [3.63, 3.8) is 0 Å². The first-order valence-electron chi connectivity index (χ1n) is 12.6. The normalized spacial score (nSPS) is 15.2. The number of amides is 2. The van der Waals surface area contributed by atoms with Crippen molar-refractivity contribution in [1.82, 2.24) is 14.5 Å². The van der Waals surface area contributed by atoms with Gasteiger partial charge in [-0.3, -0.25) is 9.59 Å². The zero-order chi connectivity index (χ0) is 27.0. The Labute approximate surface area is 220 Å². The largest absolute Gasteiger partial charge is 0.497 e. The van der Waals surface area contributed by atoms with Crippen LogP contribution < -0.4 is 14.4 Å². The van der Waals surface area contributed by atoms with Crippen LogP contribution in [0, 0.1) is 0 Å². The molecule has 202 valence electrons. The smallest absolute Gasteiger partial charge is 0.304 e. The lowest BCUT2D eigenvalue weighted by molar-refractivity contribution is -0.139. The Morgan fingerprint density at radius 1 is 1.00 bits per heavy atom. The molecule has 9 nitrogen and oxygen atoms in total. The van der Waals surface area contributed by atoms with E-state index in [1.807, 2.05) is 12.1 Å². The number of ether oxygens (including phenoxy) is 1. The van der Waals surface area contributed by atoms with E-state index in [1.54, 1.807) is 56.5 Å². The monoisotopic (exact) mass is 530 g/mol. The zero-order valence-corrected chi connectivity index (χ0v) is 22.9. The Balaban J connectivity index is 1.89. The van der Waals surface area contributed by atoms with Crippen LogP contribution in [0.3, 0.4) is 0 Å². The molecule has 2 aromatic carbocycles. The standard InChI is InChI=1S/C27H38N4O5S/c1-21(27(33)28-23-11-7-5-8-12-23)30(19-22-15-17-25(36-4)18-16-22)26(32)20-31(37(34,35)29(2)3)24-13-9-6-10-14-24/h6,9-10,13-18,21,23H,5,7-8,11-12,19-20H2,1-4H3,(H,28,33). The summed E-state index contributed by atoms with van der Waals surface area (Å²) in [5, 5.41) is 3.10. The van der Waals surface area contributed by atoms with Crippen molar-refractivity contribution in [3.8, 4) is 5.75 Å². The molecule has 1 aliphatic rings. The molecule has 0 heterocycles. The molecule has 10 heteroatoms. The van der Waals surface area contributed by atoms with E-state index in [2.05, 4.69) is 5.32 Å². The number of hydrogen-bond donors (Lipinski definition) is 1. The van der Waals surface area contributed by atoms with Gasteiger partial charge < -0.3 is 15.0 Å². The van der Waals surface area contributed by atoms with Crippen LogP contribution in [0.5, 0.6) is 5.75 Å². The Morgan fingerprint density at radius 2 is 1.62 bits per heavy atom. The molecule has 0 spiro atoms. The number of hydrogen-bond acceptors (Lipinski definition) is 5. The molecule has 3 rings (SSSR count). The molecule has 0 radical (unpaired) electrons. The number of methoxy groups -OCH3 is 1. The Hall–Kier alpha value is -3.11. The van der Waals surface area contributed by atoms with Gasteiger partial charge in [0.05, 0.1) is 12.8 Å². The van der Waals surface area contributed by atoms with E-state index in [4.69, 9.17) is 4.74 Å². The van der Waals surface area contributed by atoms with Gasteiger partial charge in [0.15, 0.2) is 0 Å². The van der Waals surface area contributed by atoms with E-state index < -0.39 is 28.7 Å². The number of para-hydroxylation sites is 1. The van der Waals surface area contributed by atoms with Gasteiger partial charge in [-0.15, -0.1) is 0 Å². The Morgan fingerprint density at radius 3 is 2.19 bits per heavy atom. The summed E-state index contributed by atoms with van der Waals surface area (Å²) >= 11 is 0. The van der Waals surface area contributed by atoms with Gasteiger partial charge >= 0.3 is 10.2 Å². The fraction of sp³-hybridized carbons (Fsp3) is 0.481. The van der Waals surface area contributed by atoms with E-state index in [9.17, 15) is 18.0 Å². The summed E-state index contributed by atoms with van der Waals surface area (Å²) in [6, 6.07) is 15.0. The van der Waals surface area contributed by atoms with Crippen molar-refractivity contribution in [2.45, 2.75) is 57.7 Å². The maximum absolute atomic E-state index is 13.8. The van der Waals surface area contributed by atoms with Crippen LogP contribution in [-0.2, 0) is 26.3 Å². The molecule has 2 amide bonds. The summed E-state index contributed by atoms with van der Waals surface area (Å²) in [5.41, 5.74) is 1.17.